The SMILES string of the molecule is CCC(C)(C)C(=O)N1CCN(C(C)C(N)=NO)CC1. The van der Waals surface area contributed by atoms with Gasteiger partial charge in [0.2, 0.25) is 5.91 Å². The summed E-state index contributed by atoms with van der Waals surface area (Å²) in [6, 6.07) is -0.0959. The molecule has 0 aromatic heterocycles. The molecule has 1 saturated heterocycles. The number of oxime groups is 1. The second-order valence-electron chi connectivity index (χ2n) is 5.77. The van der Waals surface area contributed by atoms with E-state index >= 15 is 0 Å². The second kappa shape index (κ2) is 6.23. The summed E-state index contributed by atoms with van der Waals surface area (Å²) in [6.07, 6.45) is 0.840. The summed E-state index contributed by atoms with van der Waals surface area (Å²) >= 11 is 0. The van der Waals surface area contributed by atoms with Crippen LogP contribution < -0.4 is 5.73 Å². The maximum Gasteiger partial charge on any atom is 0.228 e. The quantitative estimate of drug-likeness (QED) is 0.341. The van der Waals surface area contributed by atoms with Gasteiger partial charge in [0.05, 0.1) is 6.04 Å². The third-order valence-corrected chi connectivity index (χ3v) is 4.16. The van der Waals surface area contributed by atoms with E-state index < -0.39 is 0 Å². The molecule has 1 heterocycles. The van der Waals surface area contributed by atoms with Gasteiger partial charge in [0.15, 0.2) is 5.84 Å². The zero-order valence-electron chi connectivity index (χ0n) is 12.4. The fourth-order valence-corrected chi connectivity index (χ4v) is 2.16. The van der Waals surface area contributed by atoms with Gasteiger partial charge in [-0.1, -0.05) is 25.9 Å². The minimum Gasteiger partial charge on any atom is -0.409 e. The highest BCUT2D eigenvalue weighted by Crippen LogP contribution is 2.23. The summed E-state index contributed by atoms with van der Waals surface area (Å²) in [5.74, 6) is 0.430. The van der Waals surface area contributed by atoms with Crippen LogP contribution in [-0.2, 0) is 4.79 Å². The van der Waals surface area contributed by atoms with Crippen LogP contribution in [0.1, 0.15) is 34.1 Å². The van der Waals surface area contributed by atoms with Crippen LogP contribution in [0.5, 0.6) is 0 Å². The molecule has 1 aliphatic rings. The van der Waals surface area contributed by atoms with Crippen molar-refractivity contribution in [3.63, 3.8) is 0 Å². The lowest BCUT2D eigenvalue weighted by atomic mass is 9.88. The molecule has 0 saturated carbocycles. The number of hydrogen-bond donors (Lipinski definition) is 2. The molecule has 0 spiro atoms. The van der Waals surface area contributed by atoms with E-state index in [0.717, 1.165) is 19.5 Å². The number of hydrogen-bond acceptors (Lipinski definition) is 4. The third-order valence-electron chi connectivity index (χ3n) is 4.16. The van der Waals surface area contributed by atoms with Gasteiger partial charge in [-0.3, -0.25) is 9.69 Å². The predicted molar refractivity (Wildman–Crippen MR) is 75.1 cm³/mol. The Bertz CT molecular complexity index is 347. The molecule has 19 heavy (non-hydrogen) atoms. The van der Waals surface area contributed by atoms with E-state index in [1.165, 1.54) is 0 Å². The van der Waals surface area contributed by atoms with Crippen LogP contribution in [0, 0.1) is 5.41 Å². The summed E-state index contributed by atoms with van der Waals surface area (Å²) in [5, 5.41) is 11.7. The van der Waals surface area contributed by atoms with Crippen LogP contribution in [0.25, 0.3) is 0 Å². The molecule has 1 atom stereocenters. The molecule has 6 nitrogen and oxygen atoms in total. The maximum atomic E-state index is 12.3. The van der Waals surface area contributed by atoms with E-state index in [9.17, 15) is 4.79 Å². The molecule has 1 rings (SSSR count). The Kier molecular flexibility index (Phi) is 5.17. The second-order valence-corrected chi connectivity index (χ2v) is 5.77. The molecule has 3 N–H and O–H groups in total. The highest BCUT2D eigenvalue weighted by molar-refractivity contribution is 5.85. The number of nitrogens with zero attached hydrogens (tertiary/aromatic N) is 3. The number of carbonyl (C=O) groups excluding carboxylic acids is 1. The molecule has 0 aliphatic carbocycles. The van der Waals surface area contributed by atoms with Crippen molar-refractivity contribution in [1.29, 1.82) is 0 Å². The molecule has 0 aromatic carbocycles. The van der Waals surface area contributed by atoms with Gasteiger partial charge in [-0.15, -0.1) is 0 Å². The Morgan fingerprint density at radius 1 is 1.37 bits per heavy atom. The first-order chi connectivity index (χ1) is 8.83. The van der Waals surface area contributed by atoms with Gasteiger partial charge in [-0.05, 0) is 13.3 Å². The molecule has 1 aliphatic heterocycles. The smallest absolute Gasteiger partial charge is 0.228 e. The summed E-state index contributed by atoms with van der Waals surface area (Å²) in [5.41, 5.74) is 5.32. The van der Waals surface area contributed by atoms with Gasteiger partial charge < -0.3 is 15.8 Å². The average molecular weight is 270 g/mol. The van der Waals surface area contributed by atoms with Crippen LogP contribution in [0.2, 0.25) is 0 Å². The Labute approximate surface area is 115 Å². The first kappa shape index (κ1) is 15.8. The van der Waals surface area contributed by atoms with E-state index in [0.29, 0.717) is 13.1 Å². The predicted octanol–water partition coefficient (Wildman–Crippen LogP) is 0.702. The number of carbonyl (C=O) groups is 1. The topological polar surface area (TPSA) is 82.2 Å². The Hall–Kier alpha value is -1.30. The Balaban J connectivity index is 2.56. The fraction of sp³-hybridized carbons (Fsp3) is 0.846. The van der Waals surface area contributed by atoms with Crippen molar-refractivity contribution in [2.75, 3.05) is 26.2 Å². The maximum absolute atomic E-state index is 12.3. The lowest BCUT2D eigenvalue weighted by Gasteiger charge is -2.40. The van der Waals surface area contributed by atoms with Crippen LogP contribution in [-0.4, -0.2) is 59.0 Å². The highest BCUT2D eigenvalue weighted by atomic mass is 16.4. The molecule has 110 valence electrons. The van der Waals surface area contributed by atoms with E-state index in [4.69, 9.17) is 10.9 Å². The van der Waals surface area contributed by atoms with Crippen molar-refractivity contribution in [2.24, 2.45) is 16.3 Å². The molecule has 0 radical (unpaired) electrons. The number of amides is 1. The lowest BCUT2D eigenvalue weighted by molar-refractivity contribution is -0.142. The molecule has 1 unspecified atom stereocenters. The molecule has 0 aromatic rings. The number of amidine groups is 1. The summed E-state index contributed by atoms with van der Waals surface area (Å²) < 4.78 is 0. The molecular weight excluding hydrogens is 244 g/mol. The number of rotatable bonds is 4. The van der Waals surface area contributed by atoms with Gasteiger partial charge in [-0.25, -0.2) is 0 Å². The van der Waals surface area contributed by atoms with Crippen molar-refractivity contribution in [1.82, 2.24) is 9.80 Å². The van der Waals surface area contributed by atoms with Gasteiger partial charge in [0.25, 0.3) is 0 Å². The van der Waals surface area contributed by atoms with Gasteiger partial charge in [-0.2, -0.15) is 0 Å². The minimum absolute atomic E-state index is 0.0959. The van der Waals surface area contributed by atoms with E-state index in [1.54, 1.807) is 0 Å². The van der Waals surface area contributed by atoms with E-state index in [1.807, 2.05) is 32.6 Å². The zero-order chi connectivity index (χ0) is 14.6. The van der Waals surface area contributed by atoms with Crippen LogP contribution in [0.3, 0.4) is 0 Å². The van der Waals surface area contributed by atoms with Gasteiger partial charge >= 0.3 is 0 Å². The lowest BCUT2D eigenvalue weighted by Crippen LogP contribution is -2.56. The van der Waals surface area contributed by atoms with Crippen molar-refractivity contribution in [2.45, 2.75) is 40.2 Å². The van der Waals surface area contributed by atoms with Gasteiger partial charge in [0.1, 0.15) is 0 Å². The third kappa shape index (κ3) is 3.59. The fourth-order valence-electron chi connectivity index (χ4n) is 2.16. The zero-order valence-corrected chi connectivity index (χ0v) is 12.4. The Morgan fingerprint density at radius 3 is 2.32 bits per heavy atom. The molecule has 0 bridgehead atoms. The molecule has 1 fully saturated rings. The molecule has 1 amide bonds. The van der Waals surface area contributed by atoms with E-state index in [2.05, 4.69) is 10.1 Å². The normalized spacial score (nSPS) is 20.4. The first-order valence-electron chi connectivity index (χ1n) is 6.84. The molecule has 6 heteroatoms. The van der Waals surface area contributed by atoms with E-state index in [-0.39, 0.29) is 23.2 Å². The summed E-state index contributed by atoms with van der Waals surface area (Å²) in [6.45, 7) is 10.8. The Morgan fingerprint density at radius 2 is 1.89 bits per heavy atom. The first-order valence-corrected chi connectivity index (χ1v) is 6.84. The monoisotopic (exact) mass is 270 g/mol. The largest absolute Gasteiger partial charge is 0.409 e. The van der Waals surface area contributed by atoms with Crippen molar-refractivity contribution < 1.29 is 10.0 Å². The number of nitrogens with two attached hydrogens (primary N) is 1. The average Bonchev–Trinajstić information content (AvgIpc) is 2.44. The van der Waals surface area contributed by atoms with Crippen molar-refractivity contribution in [3.8, 4) is 0 Å². The minimum atomic E-state index is -0.292. The standard InChI is InChI=1S/C13H26N4O2/c1-5-13(3,4)12(18)17-8-6-16(7-9-17)10(2)11(14)15-19/h10,19H,5-9H2,1-4H3,(H2,14,15). The number of piperazine rings is 1. The van der Waals surface area contributed by atoms with Crippen LogP contribution >= 0.6 is 0 Å². The molecular formula is C13H26N4O2. The summed E-state index contributed by atoms with van der Waals surface area (Å²) in [4.78, 5) is 16.4. The van der Waals surface area contributed by atoms with Gasteiger partial charge in [0, 0.05) is 31.6 Å². The summed E-state index contributed by atoms with van der Waals surface area (Å²) in [7, 11) is 0. The van der Waals surface area contributed by atoms with Crippen LogP contribution in [0.15, 0.2) is 5.16 Å². The highest BCUT2D eigenvalue weighted by Gasteiger charge is 2.33. The van der Waals surface area contributed by atoms with Crippen molar-refractivity contribution in [3.05, 3.63) is 0 Å². The van der Waals surface area contributed by atoms with Crippen LogP contribution in [0.4, 0.5) is 0 Å². The van der Waals surface area contributed by atoms with Crippen molar-refractivity contribution >= 4 is 11.7 Å².